The van der Waals surface area contributed by atoms with Crippen LogP contribution in [0.15, 0.2) is 52.9 Å². The van der Waals surface area contributed by atoms with Gasteiger partial charge in [-0.2, -0.15) is 0 Å². The minimum absolute atomic E-state index is 0.0913. The molecule has 1 aliphatic heterocycles. The largest absolute Gasteiger partial charge is 0.490 e. The van der Waals surface area contributed by atoms with E-state index in [4.69, 9.17) is 9.47 Å². The second kappa shape index (κ2) is 12.0. The molecule has 0 radical (unpaired) electrons. The minimum Gasteiger partial charge on any atom is -0.490 e. The molecular formula is C36H43IN2O5. The van der Waals surface area contributed by atoms with Crippen molar-refractivity contribution in [3.8, 4) is 11.5 Å². The number of allylic oxidation sites excluding steroid dienone is 4. The number of carbonyl (C=O) groups excluding carboxylic acids is 3. The van der Waals surface area contributed by atoms with Gasteiger partial charge in [0.25, 0.3) is 5.91 Å². The van der Waals surface area contributed by atoms with Gasteiger partial charge in [0.1, 0.15) is 0 Å². The van der Waals surface area contributed by atoms with Crippen LogP contribution in [0, 0.1) is 28.2 Å². The van der Waals surface area contributed by atoms with Crippen LogP contribution in [0.4, 0.5) is 5.69 Å². The van der Waals surface area contributed by atoms with Crippen molar-refractivity contribution < 1.29 is 23.9 Å². The number of anilines is 1. The number of nitrogens with zero attached hydrogens (tertiary/aromatic N) is 1. The Morgan fingerprint density at radius 2 is 1.52 bits per heavy atom. The van der Waals surface area contributed by atoms with Crippen molar-refractivity contribution in [2.45, 2.75) is 80.1 Å². The second-order valence-electron chi connectivity index (χ2n) is 14.0. The lowest BCUT2D eigenvalue weighted by atomic mass is 9.64. The zero-order valence-electron chi connectivity index (χ0n) is 27.1. The maximum Gasteiger partial charge on any atom is 0.262 e. The van der Waals surface area contributed by atoms with Crippen LogP contribution in [0.1, 0.15) is 82.9 Å². The smallest absolute Gasteiger partial charge is 0.262 e. The number of hydrogen-bond donors (Lipinski definition) is 1. The van der Waals surface area contributed by atoms with E-state index in [1.165, 1.54) is 0 Å². The fourth-order valence-corrected chi connectivity index (χ4v) is 7.71. The van der Waals surface area contributed by atoms with E-state index < -0.39 is 5.92 Å². The Balaban J connectivity index is 1.54. The molecular weight excluding hydrogens is 667 g/mol. The Morgan fingerprint density at radius 1 is 0.932 bits per heavy atom. The van der Waals surface area contributed by atoms with E-state index in [1.54, 1.807) is 0 Å². The van der Waals surface area contributed by atoms with Crippen LogP contribution >= 0.6 is 22.6 Å². The topological polar surface area (TPSA) is 84.9 Å². The lowest BCUT2D eigenvalue weighted by Gasteiger charge is -2.48. The summed E-state index contributed by atoms with van der Waals surface area (Å²) in [4.78, 5) is 42.8. The first-order chi connectivity index (χ1) is 20.6. The third-order valence-electron chi connectivity index (χ3n) is 8.85. The molecule has 1 N–H and O–H groups in total. The SMILES string of the molecule is CCOc1cc(C2C3=C(CC(C)(C)CC3=O)N(C)C3=C2C(=O)CC(C)(C)C3)cc(I)c1OCC(=O)Nc1ccc(C)cc1C. The number of nitrogens with one attached hydrogen (secondary N) is 1. The third-order valence-corrected chi connectivity index (χ3v) is 9.65. The maximum atomic E-state index is 13.9. The van der Waals surface area contributed by atoms with Crippen molar-refractivity contribution in [2.24, 2.45) is 10.8 Å². The van der Waals surface area contributed by atoms with E-state index in [2.05, 4.69) is 60.5 Å². The molecule has 8 heteroatoms. The summed E-state index contributed by atoms with van der Waals surface area (Å²) in [6.45, 7) is 14.6. The van der Waals surface area contributed by atoms with Gasteiger partial charge in [-0.25, -0.2) is 0 Å². The molecule has 0 saturated heterocycles. The number of aryl methyl sites for hydroxylation is 2. The predicted octanol–water partition coefficient (Wildman–Crippen LogP) is 7.64. The molecule has 44 heavy (non-hydrogen) atoms. The molecule has 1 amide bonds. The molecule has 3 aliphatic rings. The molecule has 0 spiro atoms. The summed E-state index contributed by atoms with van der Waals surface area (Å²) in [6.07, 6.45) is 2.40. The number of halogens is 1. The first-order valence-corrected chi connectivity index (χ1v) is 16.4. The molecule has 0 unspecified atom stereocenters. The molecule has 0 bridgehead atoms. The number of ketones is 2. The monoisotopic (exact) mass is 710 g/mol. The van der Waals surface area contributed by atoms with E-state index in [0.717, 1.165) is 61.3 Å². The number of Topliss-reactive ketones (excluding diaryl/α,β-unsaturated/α-hetero) is 2. The first kappa shape index (κ1) is 32.3. The highest BCUT2D eigenvalue weighted by molar-refractivity contribution is 14.1. The normalized spacial score (nSPS) is 19.5. The summed E-state index contributed by atoms with van der Waals surface area (Å²) in [5.41, 5.74) is 6.82. The molecule has 0 fully saturated rings. The molecule has 0 saturated carbocycles. The predicted molar refractivity (Wildman–Crippen MR) is 181 cm³/mol. The summed E-state index contributed by atoms with van der Waals surface area (Å²) in [7, 11) is 2.01. The number of carbonyl (C=O) groups is 3. The number of rotatable bonds is 7. The lowest BCUT2D eigenvalue weighted by molar-refractivity contribution is -0.120. The number of hydrogen-bond acceptors (Lipinski definition) is 6. The molecule has 0 aromatic heterocycles. The highest BCUT2D eigenvalue weighted by atomic mass is 127. The zero-order chi connectivity index (χ0) is 32.1. The van der Waals surface area contributed by atoms with Crippen LogP contribution in [0.2, 0.25) is 0 Å². The number of ether oxygens (including phenoxy) is 2. The highest BCUT2D eigenvalue weighted by Crippen LogP contribution is 2.54. The van der Waals surface area contributed by atoms with Gasteiger partial charge in [-0.1, -0.05) is 45.4 Å². The Labute approximate surface area is 274 Å². The van der Waals surface area contributed by atoms with Crippen LogP contribution in [-0.2, 0) is 14.4 Å². The van der Waals surface area contributed by atoms with Crippen LogP contribution in [0.25, 0.3) is 0 Å². The average molecular weight is 711 g/mol. The van der Waals surface area contributed by atoms with Crippen molar-refractivity contribution in [1.82, 2.24) is 4.90 Å². The molecule has 2 aromatic rings. The van der Waals surface area contributed by atoms with Gasteiger partial charge in [0.2, 0.25) is 0 Å². The maximum absolute atomic E-state index is 13.9. The van der Waals surface area contributed by atoms with Crippen molar-refractivity contribution >= 4 is 45.8 Å². The van der Waals surface area contributed by atoms with Gasteiger partial charge in [-0.3, -0.25) is 14.4 Å². The van der Waals surface area contributed by atoms with Gasteiger partial charge >= 0.3 is 0 Å². The number of amides is 1. The highest BCUT2D eigenvalue weighted by Gasteiger charge is 2.48. The Bertz CT molecular complexity index is 1560. The Kier molecular flexibility index (Phi) is 8.79. The summed E-state index contributed by atoms with van der Waals surface area (Å²) in [6, 6.07) is 9.74. The van der Waals surface area contributed by atoms with Gasteiger partial charge in [0.15, 0.2) is 29.7 Å². The molecule has 2 aromatic carbocycles. The van der Waals surface area contributed by atoms with Crippen LogP contribution in [0.3, 0.4) is 0 Å². The molecule has 5 rings (SSSR count). The summed E-state index contributed by atoms with van der Waals surface area (Å²) in [5.74, 6) is 0.393. The Hall–Kier alpha value is -3.14. The molecule has 1 heterocycles. The van der Waals surface area contributed by atoms with E-state index in [-0.39, 0.29) is 34.9 Å². The van der Waals surface area contributed by atoms with Gasteiger partial charge in [0, 0.05) is 54.0 Å². The van der Waals surface area contributed by atoms with Gasteiger partial charge in [-0.15, -0.1) is 0 Å². The summed E-state index contributed by atoms with van der Waals surface area (Å²) >= 11 is 2.20. The average Bonchev–Trinajstić information content (AvgIpc) is 2.90. The number of benzene rings is 2. The molecule has 234 valence electrons. The second-order valence-corrected chi connectivity index (χ2v) is 15.2. The fourth-order valence-electron chi connectivity index (χ4n) is 6.93. The molecule has 0 atom stereocenters. The van der Waals surface area contributed by atoms with Gasteiger partial charge < -0.3 is 19.7 Å². The van der Waals surface area contributed by atoms with Crippen molar-refractivity contribution in [3.05, 3.63) is 73.1 Å². The van der Waals surface area contributed by atoms with Crippen LogP contribution in [-0.4, -0.2) is 42.6 Å². The van der Waals surface area contributed by atoms with Crippen molar-refractivity contribution in [1.29, 1.82) is 0 Å². The summed E-state index contributed by atoms with van der Waals surface area (Å²) < 4.78 is 12.9. The van der Waals surface area contributed by atoms with Crippen LogP contribution < -0.4 is 14.8 Å². The lowest BCUT2D eigenvalue weighted by Crippen LogP contribution is -2.43. The van der Waals surface area contributed by atoms with Crippen molar-refractivity contribution in [3.63, 3.8) is 0 Å². The quantitative estimate of drug-likeness (QED) is 0.298. The minimum atomic E-state index is -0.474. The van der Waals surface area contributed by atoms with E-state index in [0.29, 0.717) is 30.9 Å². The first-order valence-electron chi connectivity index (χ1n) is 15.3. The summed E-state index contributed by atoms with van der Waals surface area (Å²) in [5, 5.41) is 2.93. The Morgan fingerprint density at radius 3 is 2.07 bits per heavy atom. The standard InChI is InChI=1S/C36H43IN2O5/c1-9-43-29-14-22(13-23(37)34(29)44-19-30(42)38-24-11-10-20(2)12-21(24)3)31-32-25(15-35(4,5)17-27(32)40)39(8)26-16-36(6,7)18-28(41)33(26)31/h10-14,31H,9,15-19H2,1-8H3,(H,38,42). The van der Waals surface area contributed by atoms with Gasteiger partial charge in [0.05, 0.1) is 10.2 Å². The fraction of sp³-hybridized carbons (Fsp3) is 0.472. The van der Waals surface area contributed by atoms with E-state index in [1.807, 2.05) is 58.2 Å². The van der Waals surface area contributed by atoms with Crippen molar-refractivity contribution in [2.75, 3.05) is 25.6 Å². The zero-order valence-corrected chi connectivity index (χ0v) is 29.2. The van der Waals surface area contributed by atoms with E-state index >= 15 is 0 Å². The third kappa shape index (κ3) is 6.32. The molecule has 2 aliphatic carbocycles. The van der Waals surface area contributed by atoms with E-state index in [9.17, 15) is 14.4 Å². The molecule has 7 nitrogen and oxygen atoms in total. The van der Waals surface area contributed by atoms with Gasteiger partial charge in [-0.05, 0) is 96.4 Å². The van der Waals surface area contributed by atoms with Crippen LogP contribution in [0.5, 0.6) is 11.5 Å².